The number of benzene rings is 1. The summed E-state index contributed by atoms with van der Waals surface area (Å²) in [5.41, 5.74) is 2.14. The fourth-order valence-electron chi connectivity index (χ4n) is 1.83. The van der Waals surface area contributed by atoms with Crippen LogP contribution in [0.15, 0.2) is 36.7 Å². The Hall–Kier alpha value is -1.65. The monoisotopic (exact) mass is 290 g/mol. The normalized spacial score (nSPS) is 10.6. The van der Waals surface area contributed by atoms with Gasteiger partial charge in [0.1, 0.15) is 5.82 Å². The van der Waals surface area contributed by atoms with E-state index in [0.29, 0.717) is 0 Å². The van der Waals surface area contributed by atoms with E-state index in [1.165, 1.54) is 5.56 Å². The van der Waals surface area contributed by atoms with Gasteiger partial charge < -0.3 is 10.2 Å². The average Bonchev–Trinajstić information content (AvgIpc) is 2.48. The molecule has 0 unspecified atom stereocenters. The number of nitrogens with one attached hydrogen (secondary N) is 1. The molecule has 0 atom stereocenters. The van der Waals surface area contributed by atoms with E-state index in [1.54, 1.807) is 0 Å². The summed E-state index contributed by atoms with van der Waals surface area (Å²) < 4.78 is 0. The minimum Gasteiger partial charge on any atom is -0.354 e. The summed E-state index contributed by atoms with van der Waals surface area (Å²) in [7, 11) is 2.00. The van der Waals surface area contributed by atoms with Crippen molar-refractivity contribution in [2.24, 2.45) is 0 Å². The second-order valence-electron chi connectivity index (χ2n) is 4.63. The molecule has 0 aliphatic rings. The van der Waals surface area contributed by atoms with Gasteiger partial charge in [-0.2, -0.15) is 0 Å². The van der Waals surface area contributed by atoms with Crippen molar-refractivity contribution in [3.63, 3.8) is 0 Å². The summed E-state index contributed by atoms with van der Waals surface area (Å²) in [6.45, 7) is 4.53. The molecular weight excluding hydrogens is 272 g/mol. The maximum Gasteiger partial charge on any atom is 0.147 e. The Balaban J connectivity index is 1.98. The summed E-state index contributed by atoms with van der Waals surface area (Å²) in [6, 6.07) is 7.84. The summed E-state index contributed by atoms with van der Waals surface area (Å²) in [5, 5.41) is 3.98. The van der Waals surface area contributed by atoms with Crippen molar-refractivity contribution in [3.8, 4) is 0 Å². The number of halogens is 1. The third-order valence-corrected chi connectivity index (χ3v) is 3.22. The molecule has 0 amide bonds. The molecule has 20 heavy (non-hydrogen) atoms. The molecule has 0 radical (unpaired) electrons. The van der Waals surface area contributed by atoms with Crippen LogP contribution in [0.3, 0.4) is 0 Å². The highest BCUT2D eigenvalue weighted by Gasteiger charge is 2.04. The molecule has 0 spiro atoms. The number of aromatic nitrogens is 2. The molecule has 4 nitrogen and oxygen atoms in total. The van der Waals surface area contributed by atoms with Crippen molar-refractivity contribution in [3.05, 3.63) is 52.9 Å². The van der Waals surface area contributed by atoms with Crippen molar-refractivity contribution in [2.45, 2.75) is 20.0 Å². The van der Waals surface area contributed by atoms with Gasteiger partial charge in [0, 0.05) is 25.2 Å². The molecule has 0 bridgehead atoms. The molecule has 1 aromatic carbocycles. The lowest BCUT2D eigenvalue weighted by atomic mass is 10.2. The fraction of sp³-hybridized carbons (Fsp3) is 0.333. The topological polar surface area (TPSA) is 41.1 Å². The lowest BCUT2D eigenvalue weighted by Crippen LogP contribution is -2.19. The Kier molecular flexibility index (Phi) is 5.32. The zero-order valence-corrected chi connectivity index (χ0v) is 12.6. The molecule has 0 aliphatic heterocycles. The minimum absolute atomic E-state index is 0.754. The molecule has 1 N–H and O–H groups in total. The molecule has 0 fully saturated rings. The van der Waals surface area contributed by atoms with Crippen LogP contribution in [0, 0.1) is 0 Å². The van der Waals surface area contributed by atoms with Gasteiger partial charge in [0.05, 0.1) is 18.1 Å². The van der Waals surface area contributed by atoms with Crippen molar-refractivity contribution >= 4 is 17.4 Å². The van der Waals surface area contributed by atoms with Gasteiger partial charge in [-0.05, 0) is 24.2 Å². The maximum absolute atomic E-state index is 5.88. The lowest BCUT2D eigenvalue weighted by molar-refractivity contribution is 0.706. The third-order valence-electron chi connectivity index (χ3n) is 2.97. The van der Waals surface area contributed by atoms with Crippen LogP contribution in [0.5, 0.6) is 0 Å². The molecule has 2 rings (SSSR count). The van der Waals surface area contributed by atoms with Gasteiger partial charge in [0.15, 0.2) is 0 Å². The zero-order valence-electron chi connectivity index (χ0n) is 11.8. The standard InChI is InChI=1S/C15H19ClN4/c1-3-17-8-14-9-19-15(10-18-14)20(2)11-12-4-6-13(16)7-5-12/h4-7,9-10,17H,3,8,11H2,1-2H3. The molecule has 0 saturated heterocycles. The van der Waals surface area contributed by atoms with Crippen LogP contribution in [0.25, 0.3) is 0 Å². The molecular formula is C15H19ClN4. The highest BCUT2D eigenvalue weighted by Crippen LogP contribution is 2.14. The largest absolute Gasteiger partial charge is 0.354 e. The predicted octanol–water partition coefficient (Wildman–Crippen LogP) is 2.88. The first-order chi connectivity index (χ1) is 9.69. The van der Waals surface area contributed by atoms with Crippen LogP contribution < -0.4 is 10.2 Å². The molecule has 1 aromatic heterocycles. The fourth-order valence-corrected chi connectivity index (χ4v) is 1.96. The lowest BCUT2D eigenvalue weighted by Gasteiger charge is -2.18. The van der Waals surface area contributed by atoms with Crippen LogP contribution in [-0.2, 0) is 13.1 Å². The average molecular weight is 291 g/mol. The zero-order chi connectivity index (χ0) is 14.4. The van der Waals surface area contributed by atoms with Crippen molar-refractivity contribution < 1.29 is 0 Å². The van der Waals surface area contributed by atoms with Crippen LogP contribution in [0.1, 0.15) is 18.2 Å². The summed E-state index contributed by atoms with van der Waals surface area (Å²) >= 11 is 5.88. The maximum atomic E-state index is 5.88. The molecule has 2 aromatic rings. The number of anilines is 1. The van der Waals surface area contributed by atoms with Crippen LogP contribution >= 0.6 is 11.6 Å². The van der Waals surface area contributed by atoms with Crippen molar-refractivity contribution in [1.29, 1.82) is 0 Å². The van der Waals surface area contributed by atoms with E-state index in [0.717, 1.165) is 36.2 Å². The number of rotatable bonds is 6. The Bertz CT molecular complexity index is 525. The van der Waals surface area contributed by atoms with E-state index in [2.05, 4.69) is 27.1 Å². The summed E-state index contributed by atoms with van der Waals surface area (Å²) in [4.78, 5) is 10.9. The van der Waals surface area contributed by atoms with Crippen molar-refractivity contribution in [2.75, 3.05) is 18.5 Å². The first-order valence-corrected chi connectivity index (χ1v) is 7.04. The van der Waals surface area contributed by atoms with Gasteiger partial charge in [0.25, 0.3) is 0 Å². The quantitative estimate of drug-likeness (QED) is 0.888. The van der Waals surface area contributed by atoms with Gasteiger partial charge in [-0.1, -0.05) is 30.7 Å². The third kappa shape index (κ3) is 4.18. The smallest absolute Gasteiger partial charge is 0.147 e. The number of hydrogen-bond acceptors (Lipinski definition) is 4. The Morgan fingerprint density at radius 2 is 1.90 bits per heavy atom. The Morgan fingerprint density at radius 3 is 2.50 bits per heavy atom. The second-order valence-corrected chi connectivity index (χ2v) is 5.07. The van der Waals surface area contributed by atoms with Crippen LogP contribution in [-0.4, -0.2) is 23.6 Å². The van der Waals surface area contributed by atoms with Crippen LogP contribution in [0.4, 0.5) is 5.82 Å². The molecule has 0 saturated carbocycles. The number of hydrogen-bond donors (Lipinski definition) is 1. The predicted molar refractivity (Wildman–Crippen MR) is 83.0 cm³/mol. The van der Waals surface area contributed by atoms with E-state index >= 15 is 0 Å². The molecule has 1 heterocycles. The molecule has 106 valence electrons. The van der Waals surface area contributed by atoms with Crippen LogP contribution in [0.2, 0.25) is 5.02 Å². The summed E-state index contributed by atoms with van der Waals surface area (Å²) in [5.74, 6) is 0.861. The van der Waals surface area contributed by atoms with Gasteiger partial charge >= 0.3 is 0 Å². The summed E-state index contributed by atoms with van der Waals surface area (Å²) in [6.07, 6.45) is 3.62. The first kappa shape index (κ1) is 14.8. The van der Waals surface area contributed by atoms with Crippen molar-refractivity contribution in [1.82, 2.24) is 15.3 Å². The van der Waals surface area contributed by atoms with Gasteiger partial charge in [-0.15, -0.1) is 0 Å². The first-order valence-electron chi connectivity index (χ1n) is 6.66. The Morgan fingerprint density at radius 1 is 1.15 bits per heavy atom. The van der Waals surface area contributed by atoms with Gasteiger partial charge in [-0.25, -0.2) is 4.98 Å². The van der Waals surface area contributed by atoms with E-state index in [-0.39, 0.29) is 0 Å². The Labute approximate surface area is 124 Å². The van der Waals surface area contributed by atoms with E-state index in [4.69, 9.17) is 11.6 Å². The highest BCUT2D eigenvalue weighted by molar-refractivity contribution is 6.30. The SMILES string of the molecule is CCNCc1cnc(N(C)Cc2ccc(Cl)cc2)cn1. The minimum atomic E-state index is 0.754. The van der Waals surface area contributed by atoms with E-state index < -0.39 is 0 Å². The number of nitrogens with zero attached hydrogens (tertiary/aromatic N) is 3. The van der Waals surface area contributed by atoms with Gasteiger partial charge in [-0.3, -0.25) is 4.98 Å². The van der Waals surface area contributed by atoms with E-state index in [9.17, 15) is 0 Å². The van der Waals surface area contributed by atoms with Gasteiger partial charge in [0.2, 0.25) is 0 Å². The highest BCUT2D eigenvalue weighted by atomic mass is 35.5. The molecule has 0 aliphatic carbocycles. The molecule has 5 heteroatoms. The second kappa shape index (κ2) is 7.22. The van der Waals surface area contributed by atoms with E-state index in [1.807, 2.05) is 43.7 Å².